The Morgan fingerprint density at radius 2 is 2.29 bits per heavy atom. The van der Waals surface area contributed by atoms with Crippen LogP contribution in [0.4, 0.5) is 5.69 Å². The quantitative estimate of drug-likeness (QED) is 0.452. The normalized spacial score (nSPS) is 23.9. The highest BCUT2D eigenvalue weighted by Crippen LogP contribution is 2.40. The molecule has 5 N–H and O–H groups in total. The van der Waals surface area contributed by atoms with Gasteiger partial charge in [-0.05, 0) is 6.07 Å². The molecule has 0 amide bonds. The molecule has 0 aliphatic carbocycles. The Hall–Kier alpha value is -1.63. The number of benzene rings is 1. The maximum absolute atomic E-state index is 10.8. The Morgan fingerprint density at radius 1 is 1.59 bits per heavy atom. The molecule has 0 bridgehead atoms. The Bertz CT molecular complexity index is 437. The minimum absolute atomic E-state index is 0.00282. The van der Waals surface area contributed by atoms with E-state index < -0.39 is 17.6 Å². The number of rotatable bonds is 4. The van der Waals surface area contributed by atoms with Crippen LogP contribution in [0.2, 0.25) is 0 Å². The Labute approximate surface area is 97.9 Å². The van der Waals surface area contributed by atoms with Gasteiger partial charge in [-0.25, -0.2) is 4.89 Å². The van der Waals surface area contributed by atoms with Gasteiger partial charge in [0.05, 0.1) is 6.54 Å². The van der Waals surface area contributed by atoms with E-state index in [1.807, 2.05) is 12.1 Å². The largest absolute Gasteiger partial charge is 0.480 e. The highest BCUT2D eigenvalue weighted by Gasteiger charge is 2.43. The van der Waals surface area contributed by atoms with Crippen LogP contribution in [0.15, 0.2) is 24.3 Å². The Kier molecular flexibility index (Phi) is 3.01. The van der Waals surface area contributed by atoms with Crippen molar-refractivity contribution in [2.45, 2.75) is 18.1 Å². The topological polar surface area (TPSA) is 105 Å². The first kappa shape index (κ1) is 11.8. The molecule has 1 aromatic carbocycles. The van der Waals surface area contributed by atoms with Crippen molar-refractivity contribution >= 4 is 11.7 Å². The van der Waals surface area contributed by atoms with Gasteiger partial charge in [-0.15, -0.1) is 0 Å². The first-order valence-electron chi connectivity index (χ1n) is 5.23. The lowest BCUT2D eigenvalue weighted by Gasteiger charge is -2.26. The predicted molar refractivity (Wildman–Crippen MR) is 60.6 cm³/mol. The smallest absolute Gasteiger partial charge is 0.320 e. The number of hydrogen-bond donors (Lipinski definition) is 4. The summed E-state index contributed by atoms with van der Waals surface area (Å²) in [6.07, 6.45) is 0.00282. The van der Waals surface area contributed by atoms with E-state index in [1.54, 1.807) is 12.1 Å². The van der Waals surface area contributed by atoms with E-state index >= 15 is 0 Å². The molecule has 0 radical (unpaired) electrons. The first-order chi connectivity index (χ1) is 8.09. The SMILES string of the molecule is N[C@@H](C[C@@]1(OO)CNc2ccccc21)C(=O)O. The van der Waals surface area contributed by atoms with Crippen LogP contribution in [0, 0.1) is 0 Å². The molecule has 6 heteroatoms. The van der Waals surface area contributed by atoms with Crippen molar-refractivity contribution in [1.82, 2.24) is 0 Å². The van der Waals surface area contributed by atoms with Crippen LogP contribution in [-0.2, 0) is 15.3 Å². The summed E-state index contributed by atoms with van der Waals surface area (Å²) in [6, 6.07) is 6.17. The maximum Gasteiger partial charge on any atom is 0.320 e. The molecular formula is C11H14N2O4. The third-order valence-corrected chi connectivity index (χ3v) is 3.02. The third kappa shape index (κ3) is 1.97. The summed E-state index contributed by atoms with van der Waals surface area (Å²) in [5.41, 5.74) is 5.95. The number of anilines is 1. The molecular weight excluding hydrogens is 224 g/mol. The number of aliphatic carboxylic acids is 1. The van der Waals surface area contributed by atoms with Gasteiger partial charge in [0.1, 0.15) is 11.6 Å². The average molecular weight is 238 g/mol. The number of nitrogens with one attached hydrogen (secondary N) is 1. The fraction of sp³-hybridized carbons (Fsp3) is 0.364. The van der Waals surface area contributed by atoms with E-state index in [0.29, 0.717) is 6.54 Å². The van der Waals surface area contributed by atoms with E-state index in [4.69, 9.17) is 16.1 Å². The summed E-state index contributed by atoms with van der Waals surface area (Å²) in [4.78, 5) is 15.3. The molecule has 92 valence electrons. The van der Waals surface area contributed by atoms with Gasteiger partial charge in [0.15, 0.2) is 0 Å². The average Bonchev–Trinajstić information content (AvgIpc) is 2.69. The van der Waals surface area contributed by atoms with Crippen LogP contribution in [0.3, 0.4) is 0 Å². The minimum atomic E-state index is -1.12. The molecule has 1 heterocycles. The van der Waals surface area contributed by atoms with Crippen molar-refractivity contribution in [3.05, 3.63) is 29.8 Å². The van der Waals surface area contributed by atoms with Gasteiger partial charge >= 0.3 is 5.97 Å². The lowest BCUT2D eigenvalue weighted by Crippen LogP contribution is -2.42. The fourth-order valence-electron chi connectivity index (χ4n) is 2.11. The van der Waals surface area contributed by atoms with E-state index in [-0.39, 0.29) is 6.42 Å². The highest BCUT2D eigenvalue weighted by atomic mass is 17.1. The number of carboxylic acid groups (broad SMARTS) is 1. The summed E-state index contributed by atoms with van der Waals surface area (Å²) in [5.74, 6) is -1.12. The van der Waals surface area contributed by atoms with Crippen LogP contribution >= 0.6 is 0 Å². The summed E-state index contributed by atoms with van der Waals surface area (Å²) in [5, 5.41) is 21.0. The fourth-order valence-corrected chi connectivity index (χ4v) is 2.11. The number of nitrogens with two attached hydrogens (primary N) is 1. The van der Waals surface area contributed by atoms with Gasteiger partial charge < -0.3 is 16.2 Å². The monoisotopic (exact) mass is 238 g/mol. The lowest BCUT2D eigenvalue weighted by molar-refractivity contribution is -0.325. The Morgan fingerprint density at radius 3 is 2.94 bits per heavy atom. The number of para-hydroxylation sites is 1. The molecule has 2 rings (SSSR count). The van der Waals surface area contributed by atoms with Crippen molar-refractivity contribution in [1.29, 1.82) is 0 Å². The zero-order valence-corrected chi connectivity index (χ0v) is 9.09. The van der Waals surface area contributed by atoms with E-state index in [1.165, 1.54) is 0 Å². The van der Waals surface area contributed by atoms with Crippen LogP contribution in [0.5, 0.6) is 0 Å². The standard InChI is InChI=1S/C11H14N2O4/c12-8(10(14)15)5-11(17-16)6-13-9-4-2-1-3-7(9)11/h1-4,8,13,16H,5-6,12H2,(H,14,15)/t8-,11+/m0/s1. The molecule has 2 atom stereocenters. The maximum atomic E-state index is 10.8. The number of fused-ring (bicyclic) bond motifs is 1. The van der Waals surface area contributed by atoms with Crippen molar-refractivity contribution < 1.29 is 20.0 Å². The number of carbonyl (C=O) groups is 1. The van der Waals surface area contributed by atoms with E-state index in [2.05, 4.69) is 10.2 Å². The highest BCUT2D eigenvalue weighted by molar-refractivity contribution is 5.73. The van der Waals surface area contributed by atoms with Gasteiger partial charge in [0.25, 0.3) is 0 Å². The van der Waals surface area contributed by atoms with Crippen molar-refractivity contribution in [3.63, 3.8) is 0 Å². The number of carboxylic acids is 1. The van der Waals surface area contributed by atoms with E-state index in [9.17, 15) is 4.79 Å². The molecule has 0 spiro atoms. The van der Waals surface area contributed by atoms with E-state index in [0.717, 1.165) is 11.3 Å². The molecule has 0 saturated heterocycles. The summed E-state index contributed by atoms with van der Waals surface area (Å²) in [6.45, 7) is 0.295. The van der Waals surface area contributed by atoms with Crippen molar-refractivity contribution in [2.24, 2.45) is 5.73 Å². The zero-order valence-electron chi connectivity index (χ0n) is 9.09. The summed E-state index contributed by atoms with van der Waals surface area (Å²) >= 11 is 0. The van der Waals surface area contributed by atoms with Crippen LogP contribution in [0.1, 0.15) is 12.0 Å². The second-order valence-electron chi connectivity index (χ2n) is 4.13. The first-order valence-corrected chi connectivity index (χ1v) is 5.23. The Balaban J connectivity index is 2.31. The lowest BCUT2D eigenvalue weighted by atomic mass is 9.89. The van der Waals surface area contributed by atoms with Crippen molar-refractivity contribution in [3.8, 4) is 0 Å². The molecule has 0 fully saturated rings. The third-order valence-electron chi connectivity index (χ3n) is 3.02. The molecule has 17 heavy (non-hydrogen) atoms. The molecule has 0 unspecified atom stereocenters. The predicted octanol–water partition coefficient (Wildman–Crippen LogP) is 0.599. The van der Waals surface area contributed by atoms with Gasteiger partial charge in [0.2, 0.25) is 0 Å². The van der Waals surface area contributed by atoms with Crippen LogP contribution in [-0.4, -0.2) is 28.9 Å². The van der Waals surface area contributed by atoms with Gasteiger partial charge in [-0.1, -0.05) is 18.2 Å². The van der Waals surface area contributed by atoms with Gasteiger partial charge in [0, 0.05) is 17.7 Å². The van der Waals surface area contributed by atoms with Gasteiger partial charge in [-0.2, -0.15) is 0 Å². The molecule has 1 aromatic rings. The summed E-state index contributed by atoms with van der Waals surface area (Å²) < 4.78 is 0. The second-order valence-corrected chi connectivity index (χ2v) is 4.13. The van der Waals surface area contributed by atoms with Crippen molar-refractivity contribution in [2.75, 3.05) is 11.9 Å². The molecule has 1 aliphatic rings. The van der Waals surface area contributed by atoms with Crippen LogP contribution in [0.25, 0.3) is 0 Å². The minimum Gasteiger partial charge on any atom is -0.480 e. The molecule has 0 aromatic heterocycles. The molecule has 6 nitrogen and oxygen atoms in total. The van der Waals surface area contributed by atoms with Gasteiger partial charge in [-0.3, -0.25) is 10.1 Å². The summed E-state index contributed by atoms with van der Waals surface area (Å²) in [7, 11) is 0. The number of hydrogen-bond acceptors (Lipinski definition) is 5. The molecule has 0 saturated carbocycles. The zero-order chi connectivity index (χ0) is 12.5. The van der Waals surface area contributed by atoms with Crippen LogP contribution < -0.4 is 11.1 Å². The molecule has 1 aliphatic heterocycles. The second kappa shape index (κ2) is 4.33.